The van der Waals surface area contributed by atoms with Crippen LogP contribution in [0.2, 0.25) is 0 Å². The Morgan fingerprint density at radius 3 is 3.17 bits per heavy atom. The SMILES string of the molecule is [2H]C([2H])([2H])C([2H])([2H])[C@H](N)CO. The van der Waals surface area contributed by atoms with Crippen molar-refractivity contribution in [2.24, 2.45) is 5.73 Å². The van der Waals surface area contributed by atoms with Gasteiger partial charge in [0.05, 0.1) is 6.61 Å². The maximum atomic E-state index is 8.42. The summed E-state index contributed by atoms with van der Waals surface area (Å²) in [7, 11) is 0. The van der Waals surface area contributed by atoms with Crippen LogP contribution in [0.5, 0.6) is 0 Å². The minimum atomic E-state index is -2.78. The Kier molecular flexibility index (Phi) is 0.758. The molecule has 0 aliphatic carbocycles. The van der Waals surface area contributed by atoms with Gasteiger partial charge in [-0.05, 0) is 6.37 Å². The fourth-order valence-electron chi connectivity index (χ4n) is 0.0456. The predicted molar refractivity (Wildman–Crippen MR) is 25.4 cm³/mol. The first-order valence-corrected chi connectivity index (χ1v) is 1.60. The van der Waals surface area contributed by atoms with E-state index < -0.39 is 25.9 Å². The van der Waals surface area contributed by atoms with Gasteiger partial charge < -0.3 is 10.8 Å². The second-order valence-electron chi connectivity index (χ2n) is 0.933. The maximum Gasteiger partial charge on any atom is 0.0582 e. The molecule has 0 heterocycles. The zero-order chi connectivity index (χ0) is 9.28. The van der Waals surface area contributed by atoms with E-state index in [0.717, 1.165) is 0 Å². The molecule has 0 radical (unpaired) electrons. The van der Waals surface area contributed by atoms with Gasteiger partial charge in [0.15, 0.2) is 0 Å². The Balaban J connectivity index is 4.45. The first-order valence-electron chi connectivity index (χ1n) is 4.10. The molecule has 2 heteroatoms. The summed E-state index contributed by atoms with van der Waals surface area (Å²) in [5, 5.41) is 8.42. The average Bonchev–Trinajstić information content (AvgIpc) is 1.83. The summed E-state index contributed by atoms with van der Waals surface area (Å²) in [6, 6.07) is -1.37. The van der Waals surface area contributed by atoms with Gasteiger partial charge in [0, 0.05) is 12.9 Å². The van der Waals surface area contributed by atoms with E-state index in [1.807, 2.05) is 0 Å². The molecule has 38 valence electrons. The van der Waals surface area contributed by atoms with Crippen molar-refractivity contribution in [1.29, 1.82) is 0 Å². The number of rotatable bonds is 2. The standard InChI is InChI=1S/C4H11NO/c1-2-4(5)3-6/h4,6H,2-3,5H2,1H3/t4-/m0/s1/i1D3,2D2. The molecule has 2 nitrogen and oxygen atoms in total. The number of aliphatic hydroxyl groups excluding tert-OH is 1. The molecule has 0 aromatic carbocycles. The lowest BCUT2D eigenvalue weighted by Gasteiger charge is -1.98. The van der Waals surface area contributed by atoms with Crippen LogP contribution in [0.4, 0.5) is 0 Å². The zero-order valence-electron chi connectivity index (χ0n) is 8.31. The largest absolute Gasteiger partial charge is 0.395 e. The number of aliphatic hydroxyl groups is 1. The highest BCUT2D eigenvalue weighted by molar-refractivity contribution is 4.51. The van der Waals surface area contributed by atoms with Gasteiger partial charge in [-0.25, -0.2) is 0 Å². The fourth-order valence-corrected chi connectivity index (χ4v) is 0.0456. The van der Waals surface area contributed by atoms with E-state index in [0.29, 0.717) is 0 Å². The molecule has 0 aromatic heterocycles. The molecule has 0 spiro atoms. The normalized spacial score (nSPS) is 31.3. The van der Waals surface area contributed by atoms with E-state index in [1.165, 1.54) is 0 Å². The van der Waals surface area contributed by atoms with Crippen LogP contribution < -0.4 is 5.73 Å². The van der Waals surface area contributed by atoms with E-state index in [-0.39, 0.29) is 0 Å². The van der Waals surface area contributed by atoms with Crippen LogP contribution in [-0.4, -0.2) is 17.8 Å². The topological polar surface area (TPSA) is 46.2 Å². The molecule has 0 saturated heterocycles. The highest BCUT2D eigenvalue weighted by Gasteiger charge is 1.90. The van der Waals surface area contributed by atoms with E-state index in [1.54, 1.807) is 0 Å². The summed E-state index contributed by atoms with van der Waals surface area (Å²) in [4.78, 5) is 0. The van der Waals surface area contributed by atoms with Crippen LogP contribution >= 0.6 is 0 Å². The van der Waals surface area contributed by atoms with Crippen LogP contribution in [0.1, 0.15) is 20.1 Å². The Morgan fingerprint density at radius 2 is 3.00 bits per heavy atom. The third-order valence-electron chi connectivity index (χ3n) is 0.382. The fraction of sp³-hybridized carbons (Fsp3) is 1.00. The average molecular weight is 94.2 g/mol. The van der Waals surface area contributed by atoms with Crippen molar-refractivity contribution < 1.29 is 12.0 Å². The lowest BCUT2D eigenvalue weighted by atomic mass is 10.3. The van der Waals surface area contributed by atoms with Gasteiger partial charge in [-0.1, -0.05) is 6.85 Å². The molecule has 0 unspecified atom stereocenters. The van der Waals surface area contributed by atoms with E-state index in [9.17, 15) is 0 Å². The summed E-state index contributed by atoms with van der Waals surface area (Å²) < 4.78 is 34.2. The molecule has 0 amide bonds. The molecular weight excluding hydrogens is 78.0 g/mol. The Bertz CT molecular complexity index is 133. The smallest absolute Gasteiger partial charge is 0.0582 e. The second kappa shape index (κ2) is 3.12. The van der Waals surface area contributed by atoms with Crippen LogP contribution in [0.25, 0.3) is 0 Å². The lowest BCUT2D eigenvalue weighted by molar-refractivity contribution is 0.263. The predicted octanol–water partition coefficient (Wildman–Crippen LogP) is -0.284. The van der Waals surface area contributed by atoms with Gasteiger partial charge in [-0.2, -0.15) is 0 Å². The molecule has 6 heavy (non-hydrogen) atoms. The molecule has 0 aromatic rings. The summed E-state index contributed by atoms with van der Waals surface area (Å²) in [6.07, 6.45) is -2.53. The van der Waals surface area contributed by atoms with Crippen LogP contribution in [-0.2, 0) is 0 Å². The van der Waals surface area contributed by atoms with E-state index >= 15 is 0 Å². The third kappa shape index (κ3) is 2.18. The van der Waals surface area contributed by atoms with Crippen molar-refractivity contribution in [1.82, 2.24) is 0 Å². The van der Waals surface area contributed by atoms with Crippen LogP contribution in [0.15, 0.2) is 0 Å². The first kappa shape index (κ1) is 1.46. The minimum Gasteiger partial charge on any atom is -0.395 e. The van der Waals surface area contributed by atoms with E-state index in [2.05, 4.69) is 0 Å². The Hall–Kier alpha value is -0.0800. The molecule has 0 bridgehead atoms. The second-order valence-corrected chi connectivity index (χ2v) is 0.933. The molecule has 3 N–H and O–H groups in total. The molecule has 0 fully saturated rings. The summed E-state index contributed by atoms with van der Waals surface area (Å²) in [6.45, 7) is -3.46. The molecule has 0 saturated carbocycles. The van der Waals surface area contributed by atoms with Crippen LogP contribution in [0, 0.1) is 0 Å². The minimum absolute atomic E-state index is 0.675. The van der Waals surface area contributed by atoms with Gasteiger partial charge in [0.1, 0.15) is 0 Å². The van der Waals surface area contributed by atoms with Crippen LogP contribution in [0.3, 0.4) is 0 Å². The summed E-state index contributed by atoms with van der Waals surface area (Å²) in [5.41, 5.74) is 5.05. The quantitative estimate of drug-likeness (QED) is 0.494. The van der Waals surface area contributed by atoms with E-state index in [4.69, 9.17) is 17.7 Å². The van der Waals surface area contributed by atoms with Crippen molar-refractivity contribution in [3.05, 3.63) is 0 Å². The van der Waals surface area contributed by atoms with Gasteiger partial charge >= 0.3 is 0 Å². The lowest BCUT2D eigenvalue weighted by Crippen LogP contribution is -2.22. The molecule has 0 aliphatic heterocycles. The summed E-state index contributed by atoms with van der Waals surface area (Å²) in [5.74, 6) is 0. The van der Waals surface area contributed by atoms with Crippen molar-refractivity contribution in [3.8, 4) is 0 Å². The molecule has 1 atom stereocenters. The van der Waals surface area contributed by atoms with Gasteiger partial charge in [-0.3, -0.25) is 0 Å². The first-order chi connectivity index (χ1) is 4.73. The molecular formula is C4H11NO. The van der Waals surface area contributed by atoms with Crippen molar-refractivity contribution >= 4 is 0 Å². The number of hydrogen-bond donors (Lipinski definition) is 2. The van der Waals surface area contributed by atoms with Crippen molar-refractivity contribution in [2.45, 2.75) is 19.3 Å². The van der Waals surface area contributed by atoms with Gasteiger partial charge in [0.2, 0.25) is 0 Å². The van der Waals surface area contributed by atoms with Crippen molar-refractivity contribution in [3.63, 3.8) is 0 Å². The highest BCUT2D eigenvalue weighted by atomic mass is 16.3. The highest BCUT2D eigenvalue weighted by Crippen LogP contribution is 1.79. The van der Waals surface area contributed by atoms with Gasteiger partial charge in [-0.15, -0.1) is 0 Å². The molecule has 0 rings (SSSR count). The number of hydrogen-bond acceptors (Lipinski definition) is 2. The maximum absolute atomic E-state index is 8.42. The summed E-state index contributed by atoms with van der Waals surface area (Å²) >= 11 is 0. The Morgan fingerprint density at radius 1 is 2.33 bits per heavy atom. The molecule has 0 aliphatic rings. The van der Waals surface area contributed by atoms with Crippen molar-refractivity contribution in [2.75, 3.05) is 6.61 Å². The Labute approximate surface area is 45.0 Å². The third-order valence-corrected chi connectivity index (χ3v) is 0.382. The zero-order valence-corrected chi connectivity index (χ0v) is 3.31. The monoisotopic (exact) mass is 94.1 g/mol. The van der Waals surface area contributed by atoms with Gasteiger partial charge in [0.25, 0.3) is 0 Å². The number of nitrogens with two attached hydrogens (primary N) is 1.